The number of amides is 1. The minimum atomic E-state index is -1.16. The number of hydrogen-bond donors (Lipinski definition) is 2. The van der Waals surface area contributed by atoms with Gasteiger partial charge in [0.15, 0.2) is 0 Å². The first-order valence-electron chi connectivity index (χ1n) is 11.4. The summed E-state index contributed by atoms with van der Waals surface area (Å²) in [6.07, 6.45) is 8.16. The number of carboxylic acids is 1. The molecule has 0 unspecified atom stereocenters. The second kappa shape index (κ2) is 14.0. The molecule has 2 aromatic carbocycles. The van der Waals surface area contributed by atoms with E-state index in [0.29, 0.717) is 11.8 Å². The summed E-state index contributed by atoms with van der Waals surface area (Å²) >= 11 is 0. The topological polar surface area (TPSA) is 92.7 Å². The van der Waals surface area contributed by atoms with Crippen molar-refractivity contribution >= 4 is 18.2 Å². The maximum atomic E-state index is 12.3. The lowest BCUT2D eigenvalue weighted by Gasteiger charge is -2.13. The molecule has 2 rings (SSSR count). The van der Waals surface area contributed by atoms with Gasteiger partial charge < -0.3 is 20.0 Å². The molecule has 0 bridgehead atoms. The van der Waals surface area contributed by atoms with Crippen molar-refractivity contribution in [2.45, 2.75) is 64.3 Å². The summed E-state index contributed by atoms with van der Waals surface area (Å²) in [4.78, 5) is 34.0. The number of carboxylic acid groups (broad SMARTS) is 1. The van der Waals surface area contributed by atoms with Crippen molar-refractivity contribution in [3.63, 3.8) is 0 Å². The molecule has 0 aliphatic rings. The predicted molar refractivity (Wildman–Crippen MR) is 125 cm³/mol. The summed E-state index contributed by atoms with van der Waals surface area (Å²) in [5.74, 6) is -0.794. The molecule has 1 atom stereocenters. The van der Waals surface area contributed by atoms with E-state index in [9.17, 15) is 19.5 Å². The van der Waals surface area contributed by atoms with Crippen LogP contribution in [0.5, 0.6) is 5.75 Å². The molecule has 32 heavy (non-hydrogen) atoms. The molecule has 6 nitrogen and oxygen atoms in total. The fourth-order valence-electron chi connectivity index (χ4n) is 3.36. The molecule has 0 saturated carbocycles. The van der Waals surface area contributed by atoms with Crippen LogP contribution < -0.4 is 10.1 Å². The molecule has 0 aliphatic heterocycles. The highest BCUT2D eigenvalue weighted by Crippen LogP contribution is 2.23. The summed E-state index contributed by atoms with van der Waals surface area (Å²) in [6.45, 7) is 2.94. The molecular formula is C26H33NO5. The van der Waals surface area contributed by atoms with Gasteiger partial charge in [0, 0.05) is 12.0 Å². The minimum Gasteiger partial charge on any atom is -0.494 e. The third-order valence-electron chi connectivity index (χ3n) is 5.28. The Bertz CT molecular complexity index is 846. The molecule has 0 saturated heterocycles. The molecule has 2 aromatic rings. The van der Waals surface area contributed by atoms with Gasteiger partial charge in [-0.25, -0.2) is 4.79 Å². The molecule has 6 heteroatoms. The number of rotatable bonds is 15. The number of benzene rings is 2. The van der Waals surface area contributed by atoms with Gasteiger partial charge in [-0.05, 0) is 48.2 Å². The van der Waals surface area contributed by atoms with Gasteiger partial charge in [-0.1, -0.05) is 63.3 Å². The summed E-state index contributed by atoms with van der Waals surface area (Å²) < 4.78 is 5.82. The Balaban J connectivity index is 1.86. The first kappa shape index (κ1) is 25.1. The van der Waals surface area contributed by atoms with Gasteiger partial charge in [-0.15, -0.1) is 0 Å². The van der Waals surface area contributed by atoms with E-state index in [2.05, 4.69) is 12.2 Å². The van der Waals surface area contributed by atoms with Crippen molar-refractivity contribution in [3.05, 3.63) is 54.1 Å². The van der Waals surface area contributed by atoms with Crippen LogP contribution in [0.2, 0.25) is 0 Å². The molecule has 0 heterocycles. The monoisotopic (exact) mass is 439 g/mol. The van der Waals surface area contributed by atoms with Crippen LogP contribution in [0.1, 0.15) is 68.6 Å². The Kier molecular flexibility index (Phi) is 11.0. The SMILES string of the molecule is CCCCCCCCOc1ccc(-c2ccc(C(=O)N[C@@H](CCC=O)C(=O)O)cc2)cc1. The van der Waals surface area contributed by atoms with Crippen LogP contribution >= 0.6 is 0 Å². The van der Waals surface area contributed by atoms with E-state index >= 15 is 0 Å². The summed E-state index contributed by atoms with van der Waals surface area (Å²) in [5.41, 5.74) is 2.31. The van der Waals surface area contributed by atoms with E-state index < -0.39 is 17.9 Å². The standard InChI is InChI=1S/C26H33NO5/c1-2-3-4-5-6-7-19-32-23-16-14-21(15-17-23)20-10-12-22(13-11-20)25(29)27-24(26(30)31)9-8-18-28/h10-18,24H,2-9,19H2,1H3,(H,27,29)(H,30,31)/t24-/m0/s1. The third-order valence-corrected chi connectivity index (χ3v) is 5.28. The van der Waals surface area contributed by atoms with Gasteiger partial charge in [0.2, 0.25) is 0 Å². The van der Waals surface area contributed by atoms with E-state index in [1.54, 1.807) is 12.1 Å². The van der Waals surface area contributed by atoms with Gasteiger partial charge in [-0.3, -0.25) is 4.79 Å². The van der Waals surface area contributed by atoms with Crippen LogP contribution in [-0.2, 0) is 9.59 Å². The zero-order valence-corrected chi connectivity index (χ0v) is 18.7. The quantitative estimate of drug-likeness (QED) is 0.292. The van der Waals surface area contributed by atoms with Crippen molar-refractivity contribution in [2.24, 2.45) is 0 Å². The molecule has 1 amide bonds. The molecule has 172 valence electrons. The molecular weight excluding hydrogens is 406 g/mol. The Morgan fingerprint density at radius 1 is 0.938 bits per heavy atom. The Labute approximate surface area is 190 Å². The number of carbonyl (C=O) groups is 3. The van der Waals surface area contributed by atoms with Crippen LogP contribution in [0.25, 0.3) is 11.1 Å². The molecule has 0 radical (unpaired) electrons. The third kappa shape index (κ3) is 8.53. The molecule has 0 aromatic heterocycles. The minimum absolute atomic E-state index is 0.0654. The van der Waals surface area contributed by atoms with E-state index in [1.165, 1.54) is 32.1 Å². The highest BCUT2D eigenvalue weighted by Gasteiger charge is 2.20. The fraction of sp³-hybridized carbons (Fsp3) is 0.423. The number of nitrogens with one attached hydrogen (secondary N) is 1. The lowest BCUT2D eigenvalue weighted by atomic mass is 10.0. The zero-order valence-electron chi connectivity index (χ0n) is 18.7. The van der Waals surface area contributed by atoms with E-state index in [1.807, 2.05) is 36.4 Å². The van der Waals surface area contributed by atoms with Crippen molar-refractivity contribution in [1.82, 2.24) is 5.32 Å². The normalized spacial score (nSPS) is 11.5. The van der Waals surface area contributed by atoms with Crippen LogP contribution in [-0.4, -0.2) is 35.9 Å². The van der Waals surface area contributed by atoms with Gasteiger partial charge in [-0.2, -0.15) is 0 Å². The maximum Gasteiger partial charge on any atom is 0.326 e. The number of carbonyl (C=O) groups excluding carboxylic acids is 2. The van der Waals surface area contributed by atoms with E-state index in [0.717, 1.165) is 29.9 Å². The van der Waals surface area contributed by atoms with Crippen molar-refractivity contribution in [1.29, 1.82) is 0 Å². The first-order valence-corrected chi connectivity index (χ1v) is 11.4. The summed E-state index contributed by atoms with van der Waals surface area (Å²) in [5, 5.41) is 11.6. The Morgan fingerprint density at radius 3 is 2.12 bits per heavy atom. The second-order valence-electron chi connectivity index (χ2n) is 7.83. The average molecular weight is 440 g/mol. The number of unbranched alkanes of at least 4 members (excludes halogenated alkanes) is 5. The Hall–Kier alpha value is -3.15. The van der Waals surface area contributed by atoms with Gasteiger partial charge in [0.1, 0.15) is 18.1 Å². The van der Waals surface area contributed by atoms with Crippen LogP contribution in [0.15, 0.2) is 48.5 Å². The van der Waals surface area contributed by atoms with Crippen LogP contribution in [0.4, 0.5) is 0 Å². The van der Waals surface area contributed by atoms with Crippen molar-refractivity contribution < 1.29 is 24.2 Å². The molecule has 0 spiro atoms. The van der Waals surface area contributed by atoms with Gasteiger partial charge >= 0.3 is 5.97 Å². The zero-order chi connectivity index (χ0) is 23.2. The lowest BCUT2D eigenvalue weighted by Crippen LogP contribution is -2.40. The fourth-order valence-corrected chi connectivity index (χ4v) is 3.36. The molecule has 2 N–H and O–H groups in total. The van der Waals surface area contributed by atoms with Crippen LogP contribution in [0.3, 0.4) is 0 Å². The highest BCUT2D eigenvalue weighted by atomic mass is 16.5. The number of aldehydes is 1. The lowest BCUT2D eigenvalue weighted by molar-refractivity contribution is -0.139. The first-order chi connectivity index (χ1) is 15.5. The number of hydrogen-bond acceptors (Lipinski definition) is 4. The summed E-state index contributed by atoms with van der Waals surface area (Å²) in [7, 11) is 0. The molecule has 0 fully saturated rings. The van der Waals surface area contributed by atoms with E-state index in [4.69, 9.17) is 4.74 Å². The van der Waals surface area contributed by atoms with Gasteiger partial charge in [0.25, 0.3) is 5.91 Å². The van der Waals surface area contributed by atoms with Crippen LogP contribution in [0, 0.1) is 0 Å². The number of aliphatic carboxylic acids is 1. The van der Waals surface area contributed by atoms with E-state index in [-0.39, 0.29) is 12.8 Å². The summed E-state index contributed by atoms with van der Waals surface area (Å²) in [6, 6.07) is 13.7. The maximum absolute atomic E-state index is 12.3. The smallest absolute Gasteiger partial charge is 0.326 e. The second-order valence-corrected chi connectivity index (χ2v) is 7.83. The van der Waals surface area contributed by atoms with Gasteiger partial charge in [0.05, 0.1) is 6.61 Å². The van der Waals surface area contributed by atoms with Crippen molar-refractivity contribution in [2.75, 3.05) is 6.61 Å². The molecule has 0 aliphatic carbocycles. The number of ether oxygens (including phenoxy) is 1. The largest absolute Gasteiger partial charge is 0.494 e. The highest BCUT2D eigenvalue weighted by molar-refractivity contribution is 5.97. The average Bonchev–Trinajstić information content (AvgIpc) is 2.81. The van der Waals surface area contributed by atoms with Crippen molar-refractivity contribution in [3.8, 4) is 16.9 Å². The predicted octanol–water partition coefficient (Wildman–Crippen LogP) is 5.26. The Morgan fingerprint density at radius 2 is 1.53 bits per heavy atom.